The van der Waals surface area contributed by atoms with Crippen molar-refractivity contribution in [2.24, 2.45) is 0 Å². The van der Waals surface area contributed by atoms with Gasteiger partial charge < -0.3 is 10.1 Å². The lowest BCUT2D eigenvalue weighted by molar-refractivity contribution is 0.241. The number of aromatic nitrogens is 2. The number of hydrogen-bond donors (Lipinski definition) is 1. The Hall–Kier alpha value is -1.77. The summed E-state index contributed by atoms with van der Waals surface area (Å²) in [6.07, 6.45) is 3.06. The molecular weight excluding hydrogens is 403 g/mol. The highest BCUT2D eigenvalue weighted by Crippen LogP contribution is 2.33. The van der Waals surface area contributed by atoms with E-state index in [0.29, 0.717) is 16.3 Å². The smallest absolute Gasteiger partial charge is 0.287 e. The average molecular weight is 427 g/mol. The summed E-state index contributed by atoms with van der Waals surface area (Å²) in [5.74, 6) is 0.237. The van der Waals surface area contributed by atoms with Gasteiger partial charge in [0.05, 0.1) is 28.9 Å². The molecule has 1 fully saturated rings. The van der Waals surface area contributed by atoms with Crippen molar-refractivity contribution in [3.63, 3.8) is 0 Å². The molecular formula is C19H24ClFN4O2S. The summed E-state index contributed by atoms with van der Waals surface area (Å²) < 4.78 is 23.5. The summed E-state index contributed by atoms with van der Waals surface area (Å²) in [6, 6.07) is 4.93. The molecule has 0 unspecified atom stereocenters. The van der Waals surface area contributed by atoms with Gasteiger partial charge in [0.1, 0.15) is 16.6 Å². The molecule has 1 N–H and O–H groups in total. The summed E-state index contributed by atoms with van der Waals surface area (Å²) in [5.41, 5.74) is 0.239. The van der Waals surface area contributed by atoms with Crippen LogP contribution in [0.1, 0.15) is 32.7 Å². The van der Waals surface area contributed by atoms with Gasteiger partial charge >= 0.3 is 0 Å². The molecule has 0 spiro atoms. The topological polar surface area (TPSA) is 59.4 Å². The molecule has 1 aliphatic rings. The number of piperidine rings is 1. The number of nitrogens with one attached hydrogen (secondary N) is 1. The van der Waals surface area contributed by atoms with Gasteiger partial charge in [0.25, 0.3) is 5.56 Å². The third kappa shape index (κ3) is 4.79. The van der Waals surface area contributed by atoms with Crippen LogP contribution in [0.15, 0.2) is 34.1 Å². The van der Waals surface area contributed by atoms with Gasteiger partial charge in [-0.3, -0.25) is 4.79 Å². The SMILES string of the molecule is CNc1cnn(C2CCN(Sc3ccc(OC(C)C)cc3F)CC2)c(=O)c1Cl. The molecule has 1 aliphatic heterocycles. The normalized spacial score (nSPS) is 15.8. The summed E-state index contributed by atoms with van der Waals surface area (Å²) in [4.78, 5) is 13.0. The third-order valence-electron chi connectivity index (χ3n) is 4.48. The minimum absolute atomic E-state index is 0.00428. The van der Waals surface area contributed by atoms with Crippen LogP contribution in [0, 0.1) is 5.82 Å². The highest BCUT2D eigenvalue weighted by Gasteiger charge is 2.24. The molecule has 9 heteroatoms. The van der Waals surface area contributed by atoms with E-state index >= 15 is 0 Å². The summed E-state index contributed by atoms with van der Waals surface area (Å²) in [5, 5.41) is 7.26. The van der Waals surface area contributed by atoms with Crippen LogP contribution in [0.3, 0.4) is 0 Å². The van der Waals surface area contributed by atoms with Crippen LogP contribution < -0.4 is 15.6 Å². The van der Waals surface area contributed by atoms with Gasteiger partial charge in [-0.05, 0) is 50.8 Å². The Bertz CT molecular complexity index is 885. The van der Waals surface area contributed by atoms with E-state index in [4.69, 9.17) is 16.3 Å². The lowest BCUT2D eigenvalue weighted by Crippen LogP contribution is -2.36. The number of ether oxygens (including phenoxy) is 1. The molecule has 1 aromatic carbocycles. The van der Waals surface area contributed by atoms with Crippen molar-refractivity contribution in [3.05, 3.63) is 45.6 Å². The van der Waals surface area contributed by atoms with Gasteiger partial charge in [-0.25, -0.2) is 13.4 Å². The molecule has 0 amide bonds. The van der Waals surface area contributed by atoms with Crippen LogP contribution in [-0.2, 0) is 0 Å². The number of nitrogens with zero attached hydrogens (tertiary/aromatic N) is 3. The zero-order valence-corrected chi connectivity index (χ0v) is 17.7. The number of halogens is 2. The molecule has 152 valence electrons. The fourth-order valence-corrected chi connectivity index (χ4v) is 4.27. The van der Waals surface area contributed by atoms with Crippen molar-refractivity contribution < 1.29 is 9.13 Å². The van der Waals surface area contributed by atoms with Crippen molar-refractivity contribution in [2.75, 3.05) is 25.5 Å². The lowest BCUT2D eigenvalue weighted by Gasteiger charge is -2.31. The van der Waals surface area contributed by atoms with E-state index in [9.17, 15) is 9.18 Å². The van der Waals surface area contributed by atoms with Gasteiger partial charge in [0.15, 0.2) is 0 Å². The molecule has 1 aromatic heterocycles. The van der Waals surface area contributed by atoms with Crippen LogP contribution in [0.2, 0.25) is 5.02 Å². The second kappa shape index (κ2) is 9.15. The molecule has 0 aliphatic carbocycles. The van der Waals surface area contributed by atoms with Crippen molar-refractivity contribution >= 4 is 29.2 Å². The van der Waals surface area contributed by atoms with Crippen molar-refractivity contribution in [1.29, 1.82) is 0 Å². The number of rotatable bonds is 6. The van der Waals surface area contributed by atoms with E-state index in [1.807, 2.05) is 13.8 Å². The second-order valence-corrected chi connectivity index (χ2v) is 8.40. The van der Waals surface area contributed by atoms with Crippen molar-refractivity contribution in [2.45, 2.75) is 43.7 Å². The number of anilines is 1. The van der Waals surface area contributed by atoms with Crippen LogP contribution >= 0.6 is 23.5 Å². The predicted molar refractivity (Wildman–Crippen MR) is 111 cm³/mol. The first-order valence-electron chi connectivity index (χ1n) is 9.23. The van der Waals surface area contributed by atoms with E-state index in [1.165, 1.54) is 22.7 Å². The van der Waals surface area contributed by atoms with E-state index in [2.05, 4.69) is 14.7 Å². The summed E-state index contributed by atoms with van der Waals surface area (Å²) in [6.45, 7) is 5.26. The molecule has 6 nitrogen and oxygen atoms in total. The standard InChI is InChI=1S/C19H24ClFN4O2S/c1-12(2)27-14-4-5-17(15(21)10-14)28-24-8-6-13(7-9-24)25-19(26)18(20)16(22-3)11-23-25/h4-5,10-13,22H,6-9H2,1-3H3. The van der Waals surface area contributed by atoms with Gasteiger partial charge in [0.2, 0.25) is 0 Å². The molecule has 0 bridgehead atoms. The monoisotopic (exact) mass is 426 g/mol. The van der Waals surface area contributed by atoms with Gasteiger partial charge in [0, 0.05) is 26.2 Å². The van der Waals surface area contributed by atoms with Crippen LogP contribution in [-0.4, -0.2) is 40.3 Å². The maximum absolute atomic E-state index is 14.4. The molecule has 0 atom stereocenters. The Morgan fingerprint density at radius 3 is 2.68 bits per heavy atom. The largest absolute Gasteiger partial charge is 0.491 e. The first-order valence-corrected chi connectivity index (χ1v) is 10.4. The van der Waals surface area contributed by atoms with Crippen molar-refractivity contribution in [1.82, 2.24) is 14.1 Å². The van der Waals surface area contributed by atoms with E-state index in [0.717, 1.165) is 25.9 Å². The predicted octanol–water partition coefficient (Wildman–Crippen LogP) is 4.21. The van der Waals surface area contributed by atoms with E-state index in [-0.39, 0.29) is 28.5 Å². The van der Waals surface area contributed by atoms with Gasteiger partial charge in [-0.2, -0.15) is 5.10 Å². The van der Waals surface area contributed by atoms with E-state index < -0.39 is 0 Å². The Kier molecular flexibility index (Phi) is 6.85. The molecule has 2 heterocycles. The maximum atomic E-state index is 14.4. The minimum atomic E-state index is -0.294. The zero-order valence-electron chi connectivity index (χ0n) is 16.1. The van der Waals surface area contributed by atoms with Gasteiger partial charge in [-0.1, -0.05) is 11.6 Å². The average Bonchev–Trinajstić information content (AvgIpc) is 2.66. The highest BCUT2D eigenvalue weighted by atomic mass is 35.5. The third-order valence-corrected chi connectivity index (χ3v) is 6.00. The molecule has 28 heavy (non-hydrogen) atoms. The molecule has 0 radical (unpaired) electrons. The Morgan fingerprint density at radius 1 is 1.36 bits per heavy atom. The lowest BCUT2D eigenvalue weighted by atomic mass is 10.1. The number of hydrogen-bond acceptors (Lipinski definition) is 6. The first-order chi connectivity index (χ1) is 13.4. The first kappa shape index (κ1) is 21.0. The second-order valence-electron chi connectivity index (χ2n) is 6.88. The Balaban J connectivity index is 1.62. The Labute approximate surface area is 173 Å². The fraction of sp³-hybridized carbons (Fsp3) is 0.474. The molecule has 0 saturated carbocycles. The molecule has 2 aromatic rings. The van der Waals surface area contributed by atoms with Crippen LogP contribution in [0.25, 0.3) is 0 Å². The van der Waals surface area contributed by atoms with E-state index in [1.54, 1.807) is 25.4 Å². The quantitative estimate of drug-likeness (QED) is 0.698. The summed E-state index contributed by atoms with van der Waals surface area (Å²) in [7, 11) is 1.70. The van der Waals surface area contributed by atoms with Gasteiger partial charge in [-0.15, -0.1) is 0 Å². The zero-order chi connectivity index (χ0) is 20.3. The highest BCUT2D eigenvalue weighted by molar-refractivity contribution is 7.97. The van der Waals surface area contributed by atoms with Crippen molar-refractivity contribution in [3.8, 4) is 5.75 Å². The summed E-state index contributed by atoms with van der Waals surface area (Å²) >= 11 is 7.50. The van der Waals surface area contributed by atoms with Crippen LogP contribution in [0.5, 0.6) is 5.75 Å². The minimum Gasteiger partial charge on any atom is -0.491 e. The fourth-order valence-electron chi connectivity index (χ4n) is 3.10. The molecule has 3 rings (SSSR count). The maximum Gasteiger partial charge on any atom is 0.287 e. The molecule has 1 saturated heterocycles. The Morgan fingerprint density at radius 2 is 2.07 bits per heavy atom. The number of benzene rings is 1. The van der Waals surface area contributed by atoms with Crippen LogP contribution in [0.4, 0.5) is 10.1 Å².